The Morgan fingerprint density at radius 2 is 2.47 bits per heavy atom. The summed E-state index contributed by atoms with van der Waals surface area (Å²) in [6, 6.07) is 2.01. The van der Waals surface area contributed by atoms with Gasteiger partial charge in [-0.2, -0.15) is 14.6 Å². The van der Waals surface area contributed by atoms with Crippen molar-refractivity contribution < 1.29 is 4.74 Å². The molecular weight excluding hydrogens is 244 g/mol. The number of nitrogens with zero attached hydrogens (tertiary/aromatic N) is 5. The second kappa shape index (κ2) is 5.10. The number of aryl methyl sites for hydroxylation is 1. The molecule has 3 rings (SSSR count). The van der Waals surface area contributed by atoms with Crippen molar-refractivity contribution in [3.05, 3.63) is 18.1 Å². The molecule has 0 aromatic carbocycles. The number of likely N-dealkylation sites (N-methyl/N-ethyl adjacent to an activating group) is 1. The summed E-state index contributed by atoms with van der Waals surface area (Å²) in [5.74, 6) is 1.61. The number of hydrogen-bond acceptors (Lipinski definition) is 6. The Hall–Kier alpha value is -1.73. The first-order valence-electron chi connectivity index (χ1n) is 6.45. The third-order valence-electron chi connectivity index (χ3n) is 3.23. The van der Waals surface area contributed by atoms with Crippen LogP contribution >= 0.6 is 0 Å². The predicted octanol–water partition coefficient (Wildman–Crippen LogP) is -0.143. The zero-order chi connectivity index (χ0) is 13.2. The number of hydrogen-bond donors (Lipinski definition) is 1. The topological polar surface area (TPSA) is 67.6 Å². The first-order valence-corrected chi connectivity index (χ1v) is 6.45. The van der Waals surface area contributed by atoms with Gasteiger partial charge in [0.2, 0.25) is 0 Å². The summed E-state index contributed by atoms with van der Waals surface area (Å²) < 4.78 is 7.48. The molecule has 0 bridgehead atoms. The van der Waals surface area contributed by atoms with E-state index in [1.54, 1.807) is 4.52 Å². The fourth-order valence-electron chi connectivity index (χ4n) is 2.32. The number of aromatic nitrogens is 4. The van der Waals surface area contributed by atoms with Gasteiger partial charge in [0, 0.05) is 38.4 Å². The van der Waals surface area contributed by atoms with Crippen LogP contribution in [0, 0.1) is 6.92 Å². The summed E-state index contributed by atoms with van der Waals surface area (Å²) in [7, 11) is 2.04. The summed E-state index contributed by atoms with van der Waals surface area (Å²) in [5, 5.41) is 7.56. The molecule has 1 unspecified atom stereocenters. The number of morpholine rings is 1. The van der Waals surface area contributed by atoms with Gasteiger partial charge in [-0.3, -0.25) is 0 Å². The van der Waals surface area contributed by atoms with Gasteiger partial charge in [-0.25, -0.2) is 4.98 Å². The Morgan fingerprint density at radius 3 is 3.26 bits per heavy atom. The monoisotopic (exact) mass is 262 g/mol. The van der Waals surface area contributed by atoms with Gasteiger partial charge in [-0.1, -0.05) is 0 Å². The molecule has 0 saturated carbocycles. The molecule has 7 nitrogen and oxygen atoms in total. The van der Waals surface area contributed by atoms with E-state index in [0.29, 0.717) is 5.78 Å². The first-order chi connectivity index (χ1) is 9.24. The largest absolute Gasteiger partial charge is 0.374 e. The van der Waals surface area contributed by atoms with Crippen molar-refractivity contribution in [2.24, 2.45) is 0 Å². The average molecular weight is 262 g/mol. The molecule has 2 aromatic heterocycles. The summed E-state index contributed by atoms with van der Waals surface area (Å²) >= 11 is 0. The third kappa shape index (κ3) is 2.52. The summed E-state index contributed by atoms with van der Waals surface area (Å²) in [6.45, 7) is 5.36. The molecule has 0 amide bonds. The van der Waals surface area contributed by atoms with E-state index in [0.717, 1.165) is 37.8 Å². The number of ether oxygens (including phenoxy) is 1. The van der Waals surface area contributed by atoms with E-state index >= 15 is 0 Å². The van der Waals surface area contributed by atoms with Crippen molar-refractivity contribution >= 4 is 11.6 Å². The molecule has 1 fully saturated rings. The van der Waals surface area contributed by atoms with Crippen LogP contribution < -0.4 is 10.2 Å². The van der Waals surface area contributed by atoms with Gasteiger partial charge in [0.05, 0.1) is 12.7 Å². The van der Waals surface area contributed by atoms with Crippen LogP contribution in [0.1, 0.15) is 5.69 Å². The summed E-state index contributed by atoms with van der Waals surface area (Å²) in [5.41, 5.74) is 0.935. The van der Waals surface area contributed by atoms with Crippen LogP contribution in [0.15, 0.2) is 12.4 Å². The minimum atomic E-state index is 0.200. The second-order valence-corrected chi connectivity index (χ2v) is 4.81. The molecule has 0 radical (unpaired) electrons. The Kier molecular flexibility index (Phi) is 3.31. The fraction of sp³-hybridized carbons (Fsp3) is 0.583. The third-order valence-corrected chi connectivity index (χ3v) is 3.23. The zero-order valence-corrected chi connectivity index (χ0v) is 11.2. The van der Waals surface area contributed by atoms with Crippen LogP contribution in [0.5, 0.6) is 0 Å². The van der Waals surface area contributed by atoms with Crippen LogP contribution in [0.3, 0.4) is 0 Å². The highest BCUT2D eigenvalue weighted by Crippen LogP contribution is 2.15. The average Bonchev–Trinajstić information content (AvgIpc) is 2.86. The van der Waals surface area contributed by atoms with Crippen LogP contribution in [0.2, 0.25) is 0 Å². The van der Waals surface area contributed by atoms with Crippen LogP contribution in [0.25, 0.3) is 5.78 Å². The van der Waals surface area contributed by atoms with Gasteiger partial charge < -0.3 is 15.0 Å². The number of fused-ring (bicyclic) bond motifs is 1. The lowest BCUT2D eigenvalue weighted by Gasteiger charge is -2.29. The molecule has 19 heavy (non-hydrogen) atoms. The van der Waals surface area contributed by atoms with Crippen LogP contribution in [-0.2, 0) is 4.74 Å². The Morgan fingerprint density at radius 1 is 1.58 bits per heavy atom. The maximum Gasteiger partial charge on any atom is 0.254 e. The van der Waals surface area contributed by atoms with E-state index in [9.17, 15) is 0 Å². The molecule has 1 N–H and O–H groups in total. The van der Waals surface area contributed by atoms with Gasteiger partial charge in [-0.05, 0) is 6.92 Å². The highest BCUT2D eigenvalue weighted by atomic mass is 16.5. The van der Waals surface area contributed by atoms with Crippen molar-refractivity contribution in [2.45, 2.75) is 13.0 Å². The first kappa shape index (κ1) is 12.3. The van der Waals surface area contributed by atoms with Gasteiger partial charge >= 0.3 is 0 Å². The lowest BCUT2D eigenvalue weighted by atomic mass is 10.3. The lowest BCUT2D eigenvalue weighted by Crippen LogP contribution is -2.44. The Balaban J connectivity index is 1.83. The summed E-state index contributed by atoms with van der Waals surface area (Å²) in [6.07, 6.45) is 1.73. The second-order valence-electron chi connectivity index (χ2n) is 4.81. The molecule has 2 aromatic rings. The van der Waals surface area contributed by atoms with Crippen LogP contribution in [0.4, 0.5) is 5.82 Å². The van der Waals surface area contributed by atoms with Gasteiger partial charge in [0.1, 0.15) is 12.1 Å². The van der Waals surface area contributed by atoms with Gasteiger partial charge in [-0.15, -0.1) is 0 Å². The van der Waals surface area contributed by atoms with Crippen molar-refractivity contribution in [2.75, 3.05) is 38.2 Å². The maximum atomic E-state index is 5.73. The minimum Gasteiger partial charge on any atom is -0.374 e. The van der Waals surface area contributed by atoms with Crippen molar-refractivity contribution in [3.63, 3.8) is 0 Å². The van der Waals surface area contributed by atoms with E-state index in [4.69, 9.17) is 4.74 Å². The van der Waals surface area contributed by atoms with Crippen molar-refractivity contribution in [3.8, 4) is 0 Å². The lowest BCUT2D eigenvalue weighted by molar-refractivity contribution is 0.0339. The number of anilines is 1. The number of nitrogens with one attached hydrogen (secondary N) is 1. The van der Waals surface area contributed by atoms with E-state index < -0.39 is 0 Å². The molecule has 3 heterocycles. The van der Waals surface area contributed by atoms with E-state index in [1.165, 1.54) is 6.33 Å². The molecule has 1 saturated heterocycles. The molecule has 1 aliphatic rings. The standard InChI is InChI=1S/C12H18N6O/c1-9-5-11(18-12(16-9)14-8-15-18)17(2)7-10-6-13-3-4-19-10/h5,8,10,13H,3-4,6-7H2,1-2H3. The SMILES string of the molecule is Cc1cc(N(C)CC2CNCCO2)n2ncnc2n1. The molecular formula is C12H18N6O. The van der Waals surface area contributed by atoms with Gasteiger partial charge in [0.15, 0.2) is 0 Å². The van der Waals surface area contributed by atoms with E-state index in [2.05, 4.69) is 25.3 Å². The zero-order valence-electron chi connectivity index (χ0n) is 11.2. The minimum absolute atomic E-state index is 0.200. The number of rotatable bonds is 3. The highest BCUT2D eigenvalue weighted by molar-refractivity contribution is 5.46. The Bertz CT molecular complexity index is 562. The molecule has 102 valence electrons. The van der Waals surface area contributed by atoms with Crippen molar-refractivity contribution in [1.82, 2.24) is 24.9 Å². The van der Waals surface area contributed by atoms with E-state index in [1.807, 2.05) is 20.0 Å². The molecule has 0 aliphatic carbocycles. The fourth-order valence-corrected chi connectivity index (χ4v) is 2.32. The maximum absolute atomic E-state index is 5.73. The Labute approximate surface area is 111 Å². The quantitative estimate of drug-likeness (QED) is 0.830. The van der Waals surface area contributed by atoms with Gasteiger partial charge in [0.25, 0.3) is 5.78 Å². The smallest absolute Gasteiger partial charge is 0.254 e. The molecule has 1 aliphatic heterocycles. The predicted molar refractivity (Wildman–Crippen MR) is 71.4 cm³/mol. The van der Waals surface area contributed by atoms with Crippen LogP contribution in [-0.4, -0.2) is 59.0 Å². The molecule has 1 atom stereocenters. The van der Waals surface area contributed by atoms with Crippen molar-refractivity contribution in [1.29, 1.82) is 0 Å². The summed E-state index contributed by atoms with van der Waals surface area (Å²) in [4.78, 5) is 10.6. The highest BCUT2D eigenvalue weighted by Gasteiger charge is 2.18. The molecule has 7 heteroatoms. The van der Waals surface area contributed by atoms with E-state index in [-0.39, 0.29) is 6.10 Å². The molecule has 0 spiro atoms. The normalized spacial score (nSPS) is 19.8.